The predicted molar refractivity (Wildman–Crippen MR) is 112 cm³/mol. The average Bonchev–Trinajstić information content (AvgIpc) is 2.54. The number of hydrogen-bond acceptors (Lipinski definition) is 5. The van der Waals surface area contributed by atoms with Crippen LogP contribution < -0.4 is 15.4 Å². The maximum Gasteiger partial charge on any atom is 0.191 e. The van der Waals surface area contributed by atoms with Gasteiger partial charge in [0.05, 0.1) is 32.1 Å². The number of sulfone groups is 1. The lowest BCUT2D eigenvalue weighted by Crippen LogP contribution is -2.39. The lowest BCUT2D eigenvalue weighted by molar-refractivity contribution is 0.157. The van der Waals surface area contributed by atoms with Gasteiger partial charge in [0.15, 0.2) is 5.96 Å². The molecule has 0 aliphatic heterocycles. The normalized spacial score (nSPS) is 11.5. The topological polar surface area (TPSA) is 89.0 Å². The van der Waals surface area contributed by atoms with Crippen molar-refractivity contribution in [2.24, 2.45) is 4.99 Å². The van der Waals surface area contributed by atoms with Gasteiger partial charge in [0.2, 0.25) is 0 Å². The second kappa shape index (κ2) is 14.1. The minimum Gasteiger partial charge on any atom is -0.492 e. The standard InChI is InChI=1S/C16H27N3O4S.HI/c1-3-17-16(18-9-11-22-13-14-24(2,20)21)19-10-12-23-15-7-5-4-6-8-15;/h4-8H,3,9-14H2,1-2H3,(H2,17,18,19);1H. The summed E-state index contributed by atoms with van der Waals surface area (Å²) in [4.78, 5) is 4.36. The summed E-state index contributed by atoms with van der Waals surface area (Å²) in [5.74, 6) is 1.55. The fourth-order valence-electron chi connectivity index (χ4n) is 1.73. The minimum absolute atomic E-state index is 0. The molecular weight excluding hydrogens is 457 g/mol. The smallest absolute Gasteiger partial charge is 0.191 e. The zero-order valence-electron chi connectivity index (χ0n) is 14.7. The molecule has 0 saturated carbocycles. The highest BCUT2D eigenvalue weighted by atomic mass is 127. The summed E-state index contributed by atoms with van der Waals surface area (Å²) >= 11 is 0. The molecule has 0 aromatic heterocycles. The van der Waals surface area contributed by atoms with Gasteiger partial charge in [-0.2, -0.15) is 0 Å². The highest BCUT2D eigenvalue weighted by Crippen LogP contribution is 2.07. The minimum atomic E-state index is -2.97. The molecule has 0 unspecified atom stereocenters. The van der Waals surface area contributed by atoms with Crippen LogP contribution in [-0.4, -0.2) is 65.8 Å². The van der Waals surface area contributed by atoms with Gasteiger partial charge in [0.1, 0.15) is 22.2 Å². The Labute approximate surface area is 167 Å². The van der Waals surface area contributed by atoms with E-state index in [1.165, 1.54) is 6.26 Å². The Morgan fingerprint density at radius 3 is 2.48 bits per heavy atom. The molecule has 7 nitrogen and oxygen atoms in total. The molecule has 0 bridgehead atoms. The van der Waals surface area contributed by atoms with E-state index in [0.717, 1.165) is 12.3 Å². The molecule has 0 radical (unpaired) electrons. The molecule has 25 heavy (non-hydrogen) atoms. The van der Waals surface area contributed by atoms with Crippen LogP contribution in [0.4, 0.5) is 0 Å². The van der Waals surface area contributed by atoms with Gasteiger partial charge in [-0.15, -0.1) is 24.0 Å². The number of nitrogens with one attached hydrogen (secondary N) is 2. The third-order valence-corrected chi connectivity index (χ3v) is 3.76. The van der Waals surface area contributed by atoms with Crippen molar-refractivity contribution in [3.63, 3.8) is 0 Å². The summed E-state index contributed by atoms with van der Waals surface area (Å²) in [6.45, 7) is 4.92. The molecule has 1 aromatic rings. The van der Waals surface area contributed by atoms with Gasteiger partial charge in [-0.3, -0.25) is 4.99 Å². The van der Waals surface area contributed by atoms with Gasteiger partial charge in [-0.05, 0) is 19.1 Å². The SMILES string of the molecule is CCNC(=NCCOCCS(C)(=O)=O)NCCOc1ccccc1.I. The van der Waals surface area contributed by atoms with Crippen molar-refractivity contribution < 1.29 is 17.9 Å². The summed E-state index contributed by atoms with van der Waals surface area (Å²) in [6.07, 6.45) is 1.19. The molecule has 1 aromatic carbocycles. The Balaban J connectivity index is 0.00000576. The highest BCUT2D eigenvalue weighted by Gasteiger charge is 2.01. The molecule has 0 aliphatic rings. The van der Waals surface area contributed by atoms with E-state index in [0.29, 0.717) is 32.3 Å². The largest absolute Gasteiger partial charge is 0.492 e. The molecule has 0 fully saturated rings. The third-order valence-electron chi connectivity index (χ3n) is 2.85. The molecule has 0 saturated heterocycles. The zero-order valence-corrected chi connectivity index (χ0v) is 17.9. The van der Waals surface area contributed by atoms with Crippen LogP contribution in [0.3, 0.4) is 0 Å². The first kappa shape index (κ1) is 23.9. The Kier molecular flexibility index (Phi) is 13.5. The first-order valence-electron chi connectivity index (χ1n) is 7.97. The van der Waals surface area contributed by atoms with E-state index < -0.39 is 9.84 Å². The second-order valence-electron chi connectivity index (χ2n) is 5.09. The molecule has 0 atom stereocenters. The van der Waals surface area contributed by atoms with Crippen LogP contribution in [0.2, 0.25) is 0 Å². The van der Waals surface area contributed by atoms with Gasteiger partial charge >= 0.3 is 0 Å². The summed E-state index contributed by atoms with van der Waals surface area (Å²) in [6, 6.07) is 9.62. The molecule has 1 rings (SSSR count). The Morgan fingerprint density at radius 2 is 1.84 bits per heavy atom. The number of hydrogen-bond donors (Lipinski definition) is 2. The van der Waals surface area contributed by atoms with Crippen LogP contribution in [-0.2, 0) is 14.6 Å². The Morgan fingerprint density at radius 1 is 1.12 bits per heavy atom. The Hall–Kier alpha value is -1.07. The van der Waals surface area contributed by atoms with E-state index in [1.54, 1.807) is 0 Å². The van der Waals surface area contributed by atoms with Gasteiger partial charge in [0, 0.05) is 12.8 Å². The highest BCUT2D eigenvalue weighted by molar-refractivity contribution is 14.0. The fourth-order valence-corrected chi connectivity index (χ4v) is 2.15. The van der Waals surface area contributed by atoms with Crippen molar-refractivity contribution >= 4 is 39.8 Å². The number of rotatable bonds is 11. The molecule has 0 heterocycles. The van der Waals surface area contributed by atoms with Gasteiger partial charge < -0.3 is 20.1 Å². The first-order chi connectivity index (χ1) is 11.5. The molecule has 0 spiro atoms. The van der Waals surface area contributed by atoms with Crippen LogP contribution in [0.5, 0.6) is 5.75 Å². The van der Waals surface area contributed by atoms with E-state index >= 15 is 0 Å². The predicted octanol–water partition coefficient (Wildman–Crippen LogP) is 1.30. The lowest BCUT2D eigenvalue weighted by atomic mass is 10.3. The quantitative estimate of drug-likeness (QED) is 0.213. The molecular formula is C16H28IN3O4S. The van der Waals surface area contributed by atoms with Gasteiger partial charge in [-0.25, -0.2) is 8.42 Å². The monoisotopic (exact) mass is 485 g/mol. The molecule has 0 amide bonds. The van der Waals surface area contributed by atoms with Crippen LogP contribution in [0.1, 0.15) is 6.92 Å². The van der Waals surface area contributed by atoms with Crippen molar-refractivity contribution in [3.05, 3.63) is 30.3 Å². The van der Waals surface area contributed by atoms with E-state index in [4.69, 9.17) is 9.47 Å². The average molecular weight is 485 g/mol. The summed E-state index contributed by atoms with van der Waals surface area (Å²) in [5, 5.41) is 6.30. The third kappa shape index (κ3) is 13.9. The summed E-state index contributed by atoms with van der Waals surface area (Å²) < 4.78 is 32.8. The molecule has 9 heteroatoms. The van der Waals surface area contributed by atoms with E-state index in [1.807, 2.05) is 37.3 Å². The lowest BCUT2D eigenvalue weighted by Gasteiger charge is -2.12. The van der Waals surface area contributed by atoms with Crippen molar-refractivity contribution in [1.29, 1.82) is 0 Å². The van der Waals surface area contributed by atoms with Crippen molar-refractivity contribution in [3.8, 4) is 5.75 Å². The number of aliphatic imine (C=N–C) groups is 1. The number of ether oxygens (including phenoxy) is 2. The van der Waals surface area contributed by atoms with E-state index in [-0.39, 0.29) is 36.3 Å². The number of para-hydroxylation sites is 1. The van der Waals surface area contributed by atoms with Crippen LogP contribution in [0, 0.1) is 0 Å². The fraction of sp³-hybridized carbons (Fsp3) is 0.562. The molecule has 144 valence electrons. The van der Waals surface area contributed by atoms with Crippen molar-refractivity contribution in [2.75, 3.05) is 51.5 Å². The second-order valence-corrected chi connectivity index (χ2v) is 7.35. The molecule has 0 aliphatic carbocycles. The van der Waals surface area contributed by atoms with Crippen molar-refractivity contribution in [2.45, 2.75) is 6.92 Å². The van der Waals surface area contributed by atoms with Gasteiger partial charge in [0.25, 0.3) is 0 Å². The van der Waals surface area contributed by atoms with Gasteiger partial charge in [-0.1, -0.05) is 18.2 Å². The number of nitrogens with zero attached hydrogens (tertiary/aromatic N) is 1. The van der Waals surface area contributed by atoms with Crippen molar-refractivity contribution in [1.82, 2.24) is 10.6 Å². The molecule has 2 N–H and O–H groups in total. The van der Waals surface area contributed by atoms with Crippen LogP contribution in [0.25, 0.3) is 0 Å². The zero-order chi connectivity index (χ0) is 17.7. The van der Waals surface area contributed by atoms with E-state index in [9.17, 15) is 8.42 Å². The van der Waals surface area contributed by atoms with Crippen LogP contribution >= 0.6 is 24.0 Å². The maximum atomic E-state index is 11.0. The Bertz CT molecular complexity index is 582. The number of guanidine groups is 1. The number of benzene rings is 1. The first-order valence-corrected chi connectivity index (χ1v) is 10.0. The number of halogens is 1. The van der Waals surface area contributed by atoms with E-state index in [2.05, 4.69) is 15.6 Å². The summed E-state index contributed by atoms with van der Waals surface area (Å²) in [5.41, 5.74) is 0. The summed E-state index contributed by atoms with van der Waals surface area (Å²) in [7, 11) is -2.97. The van der Waals surface area contributed by atoms with Crippen LogP contribution in [0.15, 0.2) is 35.3 Å². The maximum absolute atomic E-state index is 11.0.